The van der Waals surface area contributed by atoms with E-state index in [1.54, 1.807) is 12.1 Å². The van der Waals surface area contributed by atoms with Crippen molar-refractivity contribution >= 4 is 0 Å². The first-order chi connectivity index (χ1) is 8.83. The molecule has 2 bridgehead atoms. The van der Waals surface area contributed by atoms with Crippen molar-refractivity contribution in [3.63, 3.8) is 0 Å². The third-order valence-corrected chi connectivity index (χ3v) is 4.08. The minimum Gasteiger partial charge on any atom is -0.315 e. The Balaban J connectivity index is 1.84. The van der Waals surface area contributed by atoms with Gasteiger partial charge in [0.05, 0.1) is 17.6 Å². The van der Waals surface area contributed by atoms with Crippen LogP contribution < -0.4 is 5.32 Å². The van der Waals surface area contributed by atoms with Gasteiger partial charge in [-0.3, -0.25) is 0 Å². The number of nitrogens with zero attached hydrogens (tertiary/aromatic N) is 2. The Morgan fingerprint density at radius 1 is 1.17 bits per heavy atom. The summed E-state index contributed by atoms with van der Waals surface area (Å²) >= 11 is 0. The molecule has 1 N–H and O–H groups in total. The van der Waals surface area contributed by atoms with Gasteiger partial charge in [-0.05, 0) is 36.2 Å². The summed E-state index contributed by atoms with van der Waals surface area (Å²) in [6.45, 7) is 2.08. The summed E-state index contributed by atoms with van der Waals surface area (Å²) in [6, 6.07) is 6.56. The van der Waals surface area contributed by atoms with Crippen LogP contribution in [0, 0.1) is 5.82 Å². The highest BCUT2D eigenvalue weighted by molar-refractivity contribution is 5.42. The van der Waals surface area contributed by atoms with Gasteiger partial charge in [0.1, 0.15) is 5.82 Å². The standard InChI is InChI=1S/C14H14FN3/c15-11-1-3-12(4-2-11)18-14-10-5-9(6-16-7-10)13(14)8-17-18/h1-4,8-10,16H,5-7H2/t9-,10?/m1/s1. The monoisotopic (exact) mass is 243 g/mol. The van der Waals surface area contributed by atoms with Crippen LogP contribution in [0.2, 0.25) is 0 Å². The van der Waals surface area contributed by atoms with Crippen molar-refractivity contribution in [1.29, 1.82) is 0 Å². The fraction of sp³-hybridized carbons (Fsp3) is 0.357. The van der Waals surface area contributed by atoms with Crippen molar-refractivity contribution in [2.24, 2.45) is 0 Å². The molecule has 0 amide bonds. The van der Waals surface area contributed by atoms with E-state index in [0.717, 1.165) is 18.8 Å². The zero-order valence-corrected chi connectivity index (χ0v) is 9.94. The molecule has 1 aromatic heterocycles. The largest absolute Gasteiger partial charge is 0.315 e. The SMILES string of the molecule is Fc1ccc(-n2ncc3c2C2CNC[C@H]3C2)cc1. The second kappa shape index (κ2) is 3.65. The van der Waals surface area contributed by atoms with Crippen LogP contribution in [0.25, 0.3) is 5.69 Å². The Bertz CT molecular complexity index is 588. The molecule has 3 nitrogen and oxygen atoms in total. The van der Waals surface area contributed by atoms with Gasteiger partial charge in [-0.15, -0.1) is 0 Å². The van der Waals surface area contributed by atoms with Gasteiger partial charge in [-0.2, -0.15) is 5.10 Å². The molecule has 0 spiro atoms. The van der Waals surface area contributed by atoms with Gasteiger partial charge in [-0.1, -0.05) is 0 Å². The van der Waals surface area contributed by atoms with Crippen LogP contribution >= 0.6 is 0 Å². The van der Waals surface area contributed by atoms with E-state index in [2.05, 4.69) is 10.4 Å². The van der Waals surface area contributed by atoms with Crippen molar-refractivity contribution in [3.05, 3.63) is 47.5 Å². The lowest BCUT2D eigenvalue weighted by atomic mass is 9.98. The normalized spacial score (nSPS) is 25.2. The number of hydrogen-bond donors (Lipinski definition) is 1. The van der Waals surface area contributed by atoms with E-state index in [9.17, 15) is 4.39 Å². The Labute approximate surface area is 105 Å². The van der Waals surface area contributed by atoms with Crippen molar-refractivity contribution < 1.29 is 4.39 Å². The summed E-state index contributed by atoms with van der Waals surface area (Å²) in [5.74, 6) is 0.946. The smallest absolute Gasteiger partial charge is 0.123 e. The molecule has 2 atom stereocenters. The third kappa shape index (κ3) is 1.35. The second-order valence-electron chi connectivity index (χ2n) is 5.16. The number of rotatable bonds is 1. The summed E-state index contributed by atoms with van der Waals surface area (Å²) in [5.41, 5.74) is 3.64. The topological polar surface area (TPSA) is 29.9 Å². The molecule has 2 heterocycles. The molecule has 18 heavy (non-hydrogen) atoms. The van der Waals surface area contributed by atoms with Gasteiger partial charge < -0.3 is 5.32 Å². The van der Waals surface area contributed by atoms with Crippen LogP contribution in [0.1, 0.15) is 29.5 Å². The van der Waals surface area contributed by atoms with E-state index in [4.69, 9.17) is 0 Å². The molecule has 0 radical (unpaired) electrons. The average molecular weight is 243 g/mol. The van der Waals surface area contributed by atoms with Gasteiger partial charge >= 0.3 is 0 Å². The van der Waals surface area contributed by atoms with Crippen LogP contribution in [-0.2, 0) is 0 Å². The minimum absolute atomic E-state index is 0.206. The molecule has 1 aromatic carbocycles. The number of piperidine rings is 1. The molecule has 4 heteroatoms. The maximum Gasteiger partial charge on any atom is 0.123 e. The third-order valence-electron chi connectivity index (χ3n) is 4.08. The lowest BCUT2D eigenvalue weighted by molar-refractivity contribution is 0.443. The lowest BCUT2D eigenvalue weighted by Crippen LogP contribution is -2.29. The number of aromatic nitrogens is 2. The molecule has 1 aliphatic heterocycles. The maximum atomic E-state index is 13.0. The van der Waals surface area contributed by atoms with E-state index < -0.39 is 0 Å². The highest BCUT2D eigenvalue weighted by Gasteiger charge is 2.37. The average Bonchev–Trinajstić information content (AvgIpc) is 2.93. The van der Waals surface area contributed by atoms with Gasteiger partial charge in [0.2, 0.25) is 0 Å². The zero-order valence-electron chi connectivity index (χ0n) is 9.94. The fourth-order valence-electron chi connectivity index (χ4n) is 3.27. The van der Waals surface area contributed by atoms with Crippen molar-refractivity contribution in [3.8, 4) is 5.69 Å². The first kappa shape index (κ1) is 10.3. The molecule has 1 unspecified atom stereocenters. The number of nitrogens with one attached hydrogen (secondary N) is 1. The highest BCUT2D eigenvalue weighted by Crippen LogP contribution is 2.44. The summed E-state index contributed by atoms with van der Waals surface area (Å²) in [7, 11) is 0. The quantitative estimate of drug-likeness (QED) is 0.832. The van der Waals surface area contributed by atoms with Crippen LogP contribution in [0.5, 0.6) is 0 Å². The predicted octanol–water partition coefficient (Wildman–Crippen LogP) is 2.19. The summed E-state index contributed by atoms with van der Waals surface area (Å²) in [5, 5.41) is 7.95. The fourth-order valence-corrected chi connectivity index (χ4v) is 3.27. The molecule has 0 saturated carbocycles. The second-order valence-corrected chi connectivity index (χ2v) is 5.16. The number of fused-ring (bicyclic) bond motifs is 5. The lowest BCUT2D eigenvalue weighted by Gasteiger charge is -2.21. The molecule has 1 aliphatic carbocycles. The van der Waals surface area contributed by atoms with Crippen LogP contribution in [0.4, 0.5) is 4.39 Å². The van der Waals surface area contributed by atoms with Crippen molar-refractivity contribution in [2.75, 3.05) is 13.1 Å². The predicted molar refractivity (Wildman–Crippen MR) is 66.5 cm³/mol. The first-order valence-electron chi connectivity index (χ1n) is 6.37. The van der Waals surface area contributed by atoms with Gasteiger partial charge in [0.15, 0.2) is 0 Å². The summed E-state index contributed by atoms with van der Waals surface area (Å²) in [6.07, 6.45) is 3.21. The van der Waals surface area contributed by atoms with Gasteiger partial charge in [0, 0.05) is 24.9 Å². The Kier molecular flexibility index (Phi) is 2.08. The Hall–Kier alpha value is -1.68. The first-order valence-corrected chi connectivity index (χ1v) is 6.37. The minimum atomic E-state index is -0.206. The zero-order chi connectivity index (χ0) is 12.1. The summed E-state index contributed by atoms with van der Waals surface area (Å²) in [4.78, 5) is 0. The van der Waals surface area contributed by atoms with E-state index in [0.29, 0.717) is 11.8 Å². The van der Waals surface area contributed by atoms with Crippen LogP contribution in [-0.4, -0.2) is 22.9 Å². The van der Waals surface area contributed by atoms with E-state index in [-0.39, 0.29) is 5.82 Å². The Morgan fingerprint density at radius 2 is 1.94 bits per heavy atom. The maximum absolute atomic E-state index is 13.0. The Morgan fingerprint density at radius 3 is 2.78 bits per heavy atom. The molecule has 1 fully saturated rings. The molecule has 92 valence electrons. The van der Waals surface area contributed by atoms with E-state index >= 15 is 0 Å². The molecule has 2 aromatic rings. The van der Waals surface area contributed by atoms with Crippen LogP contribution in [0.15, 0.2) is 30.5 Å². The highest BCUT2D eigenvalue weighted by atomic mass is 19.1. The number of hydrogen-bond acceptors (Lipinski definition) is 2. The van der Waals surface area contributed by atoms with Gasteiger partial charge in [0.25, 0.3) is 0 Å². The molecule has 1 saturated heterocycles. The van der Waals surface area contributed by atoms with Gasteiger partial charge in [-0.25, -0.2) is 9.07 Å². The van der Waals surface area contributed by atoms with Crippen molar-refractivity contribution in [1.82, 2.24) is 15.1 Å². The number of benzene rings is 1. The van der Waals surface area contributed by atoms with Crippen LogP contribution in [0.3, 0.4) is 0 Å². The molecular weight excluding hydrogens is 229 g/mol. The van der Waals surface area contributed by atoms with E-state index in [1.165, 1.54) is 29.8 Å². The van der Waals surface area contributed by atoms with E-state index in [1.807, 2.05) is 10.9 Å². The molecule has 2 aliphatic rings. The van der Waals surface area contributed by atoms with Crippen molar-refractivity contribution in [2.45, 2.75) is 18.3 Å². The molecule has 4 rings (SSSR count). The molecular formula is C14H14FN3. The summed E-state index contributed by atoms with van der Waals surface area (Å²) < 4.78 is 15.0. The number of halogens is 1.